The van der Waals surface area contributed by atoms with E-state index in [2.05, 4.69) is 10.3 Å². The summed E-state index contributed by atoms with van der Waals surface area (Å²) in [5, 5.41) is 14.6. The van der Waals surface area contributed by atoms with Gasteiger partial charge in [0.1, 0.15) is 5.82 Å². The summed E-state index contributed by atoms with van der Waals surface area (Å²) in [4.78, 5) is 0. The second-order valence-corrected chi connectivity index (χ2v) is 4.16. The maximum absolute atomic E-state index is 14.1. The third-order valence-electron chi connectivity index (χ3n) is 2.73. The van der Waals surface area contributed by atoms with Crippen LogP contribution in [0.5, 0.6) is 0 Å². The van der Waals surface area contributed by atoms with E-state index in [1.807, 2.05) is 0 Å². The number of nitrogens with zero attached hydrogens (tertiary/aromatic N) is 3. The molecule has 5 nitrogen and oxygen atoms in total. The molecule has 0 amide bonds. The van der Waals surface area contributed by atoms with E-state index in [9.17, 15) is 17.6 Å². The molecular formula is C12H10F4N4O. The van der Waals surface area contributed by atoms with Gasteiger partial charge in [-0.05, 0) is 12.1 Å². The van der Waals surface area contributed by atoms with Crippen molar-refractivity contribution in [2.45, 2.75) is 12.7 Å². The van der Waals surface area contributed by atoms with Gasteiger partial charge in [0.25, 0.3) is 0 Å². The highest BCUT2D eigenvalue weighted by Crippen LogP contribution is 2.27. The topological polar surface area (TPSA) is 76.4 Å². The van der Waals surface area contributed by atoms with Gasteiger partial charge in [0.15, 0.2) is 11.5 Å². The highest BCUT2D eigenvalue weighted by atomic mass is 19.4. The quantitative estimate of drug-likeness (QED) is 0.300. The number of halogens is 4. The van der Waals surface area contributed by atoms with E-state index in [1.54, 1.807) is 0 Å². The monoisotopic (exact) mass is 302 g/mol. The molecule has 0 spiro atoms. The molecule has 0 aliphatic heterocycles. The summed E-state index contributed by atoms with van der Waals surface area (Å²) in [7, 11) is 0. The van der Waals surface area contributed by atoms with E-state index in [0.717, 1.165) is 16.9 Å². The minimum absolute atomic E-state index is 0.0657. The number of hydrogen-bond acceptors (Lipinski definition) is 3. The number of amidine groups is 1. The molecule has 0 unspecified atom stereocenters. The van der Waals surface area contributed by atoms with E-state index in [0.29, 0.717) is 0 Å². The fraction of sp³-hybridized carbons (Fsp3) is 0.167. The van der Waals surface area contributed by atoms with Crippen molar-refractivity contribution in [3.8, 4) is 0 Å². The molecule has 112 valence electrons. The van der Waals surface area contributed by atoms with Gasteiger partial charge in [0.05, 0.1) is 12.1 Å². The number of hydrogen-bond donors (Lipinski definition) is 2. The van der Waals surface area contributed by atoms with Crippen molar-refractivity contribution in [3.63, 3.8) is 0 Å². The van der Waals surface area contributed by atoms with Crippen molar-refractivity contribution in [1.29, 1.82) is 0 Å². The molecule has 1 aromatic carbocycles. The lowest BCUT2D eigenvalue weighted by Gasteiger charge is -2.08. The zero-order chi connectivity index (χ0) is 15.6. The molecular weight excluding hydrogens is 292 g/mol. The second-order valence-electron chi connectivity index (χ2n) is 4.16. The van der Waals surface area contributed by atoms with Gasteiger partial charge in [-0.25, -0.2) is 4.39 Å². The largest absolute Gasteiger partial charge is 0.435 e. The highest BCUT2D eigenvalue weighted by molar-refractivity contribution is 5.97. The van der Waals surface area contributed by atoms with Gasteiger partial charge >= 0.3 is 6.18 Å². The first-order valence-corrected chi connectivity index (χ1v) is 5.69. The van der Waals surface area contributed by atoms with Crippen LogP contribution in [0.1, 0.15) is 16.8 Å². The summed E-state index contributed by atoms with van der Waals surface area (Å²) in [5.74, 6) is -1.21. The first kappa shape index (κ1) is 14.8. The summed E-state index contributed by atoms with van der Waals surface area (Å²) in [6.45, 7) is -0.214. The molecule has 0 saturated carbocycles. The van der Waals surface area contributed by atoms with Gasteiger partial charge in [-0.1, -0.05) is 17.3 Å². The average molecular weight is 302 g/mol. The Morgan fingerprint density at radius 1 is 1.33 bits per heavy atom. The maximum Gasteiger partial charge on any atom is 0.435 e. The van der Waals surface area contributed by atoms with Crippen LogP contribution in [0.25, 0.3) is 0 Å². The smallest absolute Gasteiger partial charge is 0.409 e. The summed E-state index contributed by atoms with van der Waals surface area (Å²) in [6.07, 6.45) is -3.46. The number of aromatic nitrogens is 2. The molecule has 2 aromatic rings. The SMILES string of the molecule is N/C(=N/O)c1cccc(Cn2ccc(C(F)(F)F)n2)c1F. The maximum atomic E-state index is 14.1. The number of rotatable bonds is 3. The average Bonchev–Trinajstić information content (AvgIpc) is 2.89. The first-order valence-electron chi connectivity index (χ1n) is 5.69. The molecule has 0 atom stereocenters. The molecule has 9 heteroatoms. The fourth-order valence-corrected chi connectivity index (χ4v) is 1.73. The van der Waals surface area contributed by atoms with Crippen molar-refractivity contribution >= 4 is 5.84 Å². The van der Waals surface area contributed by atoms with Gasteiger partial charge in [-0.2, -0.15) is 18.3 Å². The third-order valence-corrected chi connectivity index (χ3v) is 2.73. The van der Waals surface area contributed by atoms with Crippen LogP contribution in [0.4, 0.5) is 17.6 Å². The molecule has 0 aliphatic rings. The molecule has 21 heavy (non-hydrogen) atoms. The number of nitrogens with two attached hydrogens (primary N) is 1. The lowest BCUT2D eigenvalue weighted by molar-refractivity contribution is -0.141. The Labute approximate surface area is 116 Å². The zero-order valence-electron chi connectivity index (χ0n) is 10.5. The summed E-state index contributed by atoms with van der Waals surface area (Å²) < 4.78 is 52.3. The second kappa shape index (κ2) is 5.43. The van der Waals surface area contributed by atoms with E-state index >= 15 is 0 Å². The normalized spacial score (nSPS) is 12.7. The molecule has 3 N–H and O–H groups in total. The molecule has 1 aromatic heterocycles. The summed E-state index contributed by atoms with van der Waals surface area (Å²) in [6, 6.07) is 4.90. The molecule has 0 fully saturated rings. The number of oxime groups is 1. The van der Waals surface area contributed by atoms with Crippen LogP contribution in [0, 0.1) is 5.82 Å². The molecule has 0 saturated heterocycles. The van der Waals surface area contributed by atoms with Crippen molar-refractivity contribution in [2.24, 2.45) is 10.9 Å². The van der Waals surface area contributed by atoms with Crippen LogP contribution in [-0.2, 0) is 12.7 Å². The molecule has 0 aliphatic carbocycles. The van der Waals surface area contributed by atoms with Crippen molar-refractivity contribution < 1.29 is 22.8 Å². The summed E-state index contributed by atoms with van der Waals surface area (Å²) in [5.41, 5.74) is 4.17. The van der Waals surface area contributed by atoms with Crippen LogP contribution >= 0.6 is 0 Å². The van der Waals surface area contributed by atoms with Gasteiger partial charge in [0.2, 0.25) is 0 Å². The van der Waals surface area contributed by atoms with E-state index in [4.69, 9.17) is 10.9 Å². The van der Waals surface area contributed by atoms with E-state index in [-0.39, 0.29) is 17.7 Å². The molecule has 0 radical (unpaired) electrons. The predicted molar refractivity (Wildman–Crippen MR) is 65.2 cm³/mol. The minimum atomic E-state index is -4.56. The Kier molecular flexibility index (Phi) is 3.83. The van der Waals surface area contributed by atoms with E-state index in [1.165, 1.54) is 18.2 Å². The van der Waals surface area contributed by atoms with Crippen LogP contribution in [0.3, 0.4) is 0 Å². The molecule has 2 rings (SSSR count). The number of benzene rings is 1. The third kappa shape index (κ3) is 3.12. The molecule has 0 bridgehead atoms. The van der Waals surface area contributed by atoms with Crippen molar-refractivity contribution in [2.75, 3.05) is 0 Å². The Morgan fingerprint density at radius 2 is 2.05 bits per heavy atom. The number of alkyl halides is 3. The van der Waals surface area contributed by atoms with Crippen LogP contribution in [0.2, 0.25) is 0 Å². The molecule has 1 heterocycles. The Hall–Kier alpha value is -2.58. The lowest BCUT2D eigenvalue weighted by atomic mass is 10.1. The van der Waals surface area contributed by atoms with Gasteiger partial charge < -0.3 is 10.9 Å². The lowest BCUT2D eigenvalue weighted by Crippen LogP contribution is -2.17. The Balaban J connectivity index is 2.30. The van der Waals surface area contributed by atoms with Crippen LogP contribution < -0.4 is 5.73 Å². The van der Waals surface area contributed by atoms with Crippen LogP contribution in [0.15, 0.2) is 35.6 Å². The fourth-order valence-electron chi connectivity index (χ4n) is 1.73. The van der Waals surface area contributed by atoms with E-state index < -0.39 is 23.5 Å². The minimum Gasteiger partial charge on any atom is -0.409 e. The van der Waals surface area contributed by atoms with Crippen molar-refractivity contribution in [3.05, 3.63) is 53.1 Å². The summed E-state index contributed by atoms with van der Waals surface area (Å²) >= 11 is 0. The van der Waals surface area contributed by atoms with Crippen LogP contribution in [-0.4, -0.2) is 20.8 Å². The Bertz CT molecular complexity index is 678. The van der Waals surface area contributed by atoms with Gasteiger partial charge in [-0.15, -0.1) is 0 Å². The van der Waals surface area contributed by atoms with Gasteiger partial charge in [-0.3, -0.25) is 4.68 Å². The Morgan fingerprint density at radius 3 is 2.62 bits per heavy atom. The highest BCUT2D eigenvalue weighted by Gasteiger charge is 2.33. The first-order chi connectivity index (χ1) is 9.82. The van der Waals surface area contributed by atoms with Gasteiger partial charge in [0, 0.05) is 11.8 Å². The standard InChI is InChI=1S/C12H10F4N4O/c13-10-7(2-1-3-8(10)11(17)19-21)6-20-5-4-9(18-20)12(14,15)16/h1-5,21H,6H2,(H2,17,19). The zero-order valence-corrected chi connectivity index (χ0v) is 10.5. The van der Waals surface area contributed by atoms with Crippen molar-refractivity contribution in [1.82, 2.24) is 9.78 Å². The predicted octanol–water partition coefficient (Wildman–Crippen LogP) is 2.18.